The third-order valence-electron chi connectivity index (χ3n) is 5.01. The number of carbonyl (C=O) groups excluding carboxylic acids is 2. The monoisotopic (exact) mass is 498 g/mol. The quantitative estimate of drug-likeness (QED) is 0.360. The van der Waals surface area contributed by atoms with Crippen LogP contribution < -0.4 is 5.32 Å². The molecule has 2 amide bonds. The van der Waals surface area contributed by atoms with E-state index in [-0.39, 0.29) is 29.9 Å². The van der Waals surface area contributed by atoms with Gasteiger partial charge in [0.1, 0.15) is 11.9 Å². The van der Waals surface area contributed by atoms with Gasteiger partial charge in [-0.15, -0.1) is 11.8 Å². The van der Waals surface area contributed by atoms with Crippen molar-refractivity contribution < 1.29 is 14.0 Å². The van der Waals surface area contributed by atoms with Crippen molar-refractivity contribution in [3.63, 3.8) is 0 Å². The molecule has 0 aliphatic rings. The summed E-state index contributed by atoms with van der Waals surface area (Å²) < 4.78 is 13.9. The summed E-state index contributed by atoms with van der Waals surface area (Å²) in [4.78, 5) is 27.6. The van der Waals surface area contributed by atoms with Crippen LogP contribution in [0.1, 0.15) is 44.2 Å². The standard InChI is InChI=1S/C24H29Cl2FN2O2S/c1-3-5-12-28-24(31)22(4-2)29(14-17-10-11-19(25)13-20(17)26)23(30)16-32-15-18-8-6-7-9-21(18)27/h6-11,13,22H,3-5,12,14-16H2,1-2H3,(H,28,31)/t22-/m0/s1. The second-order valence-corrected chi connectivity index (χ2v) is 9.24. The van der Waals surface area contributed by atoms with E-state index in [2.05, 4.69) is 12.2 Å². The number of benzene rings is 2. The molecule has 174 valence electrons. The Morgan fingerprint density at radius 3 is 2.53 bits per heavy atom. The molecule has 4 nitrogen and oxygen atoms in total. The van der Waals surface area contributed by atoms with Crippen molar-refractivity contribution in [2.24, 2.45) is 0 Å². The summed E-state index contributed by atoms with van der Waals surface area (Å²) in [6.45, 7) is 4.68. The summed E-state index contributed by atoms with van der Waals surface area (Å²) in [5, 5.41) is 3.87. The van der Waals surface area contributed by atoms with Gasteiger partial charge in [0.15, 0.2) is 0 Å². The zero-order valence-electron chi connectivity index (χ0n) is 18.4. The van der Waals surface area contributed by atoms with Crippen molar-refractivity contribution in [2.45, 2.75) is 51.4 Å². The molecule has 32 heavy (non-hydrogen) atoms. The predicted molar refractivity (Wildman–Crippen MR) is 132 cm³/mol. The molecular formula is C24H29Cl2FN2O2S. The second-order valence-electron chi connectivity index (χ2n) is 7.41. The summed E-state index contributed by atoms with van der Waals surface area (Å²) >= 11 is 13.7. The predicted octanol–water partition coefficient (Wildman–Crippen LogP) is 6.09. The normalized spacial score (nSPS) is 11.8. The van der Waals surface area contributed by atoms with Crippen LogP contribution in [-0.2, 0) is 21.9 Å². The van der Waals surface area contributed by atoms with Crippen LogP contribution in [0.25, 0.3) is 0 Å². The van der Waals surface area contributed by atoms with Gasteiger partial charge >= 0.3 is 0 Å². The number of nitrogens with zero attached hydrogens (tertiary/aromatic N) is 1. The highest BCUT2D eigenvalue weighted by molar-refractivity contribution is 7.99. The average Bonchev–Trinajstić information content (AvgIpc) is 2.76. The van der Waals surface area contributed by atoms with Gasteiger partial charge in [0.2, 0.25) is 11.8 Å². The third-order valence-corrected chi connectivity index (χ3v) is 6.57. The number of halogens is 3. The van der Waals surface area contributed by atoms with Gasteiger partial charge in [-0.25, -0.2) is 4.39 Å². The number of carbonyl (C=O) groups is 2. The van der Waals surface area contributed by atoms with E-state index in [1.165, 1.54) is 17.8 Å². The van der Waals surface area contributed by atoms with Gasteiger partial charge in [-0.05, 0) is 42.2 Å². The number of hydrogen-bond donors (Lipinski definition) is 1. The Bertz CT molecular complexity index is 913. The Morgan fingerprint density at radius 1 is 1.12 bits per heavy atom. The minimum absolute atomic E-state index is 0.123. The van der Waals surface area contributed by atoms with Crippen LogP contribution in [0.3, 0.4) is 0 Å². The van der Waals surface area contributed by atoms with Crippen molar-refractivity contribution in [3.8, 4) is 0 Å². The third kappa shape index (κ3) is 7.98. The number of hydrogen-bond acceptors (Lipinski definition) is 3. The minimum atomic E-state index is -0.625. The fraction of sp³-hybridized carbons (Fsp3) is 0.417. The van der Waals surface area contributed by atoms with E-state index < -0.39 is 6.04 Å². The largest absolute Gasteiger partial charge is 0.354 e. The summed E-state index contributed by atoms with van der Waals surface area (Å²) in [5.41, 5.74) is 1.25. The molecule has 0 bridgehead atoms. The Morgan fingerprint density at radius 2 is 1.88 bits per heavy atom. The van der Waals surface area contributed by atoms with Crippen LogP contribution in [-0.4, -0.2) is 35.1 Å². The molecule has 0 aliphatic carbocycles. The van der Waals surface area contributed by atoms with Crippen molar-refractivity contribution in [1.82, 2.24) is 10.2 Å². The zero-order chi connectivity index (χ0) is 23.5. The molecule has 2 aromatic rings. The topological polar surface area (TPSA) is 49.4 Å². The highest BCUT2D eigenvalue weighted by Gasteiger charge is 2.29. The van der Waals surface area contributed by atoms with Gasteiger partial charge in [0.05, 0.1) is 5.75 Å². The molecule has 2 rings (SSSR count). The van der Waals surface area contributed by atoms with E-state index in [1.807, 2.05) is 6.92 Å². The molecule has 8 heteroatoms. The number of amides is 2. The first-order chi connectivity index (χ1) is 15.4. The van der Waals surface area contributed by atoms with E-state index in [0.29, 0.717) is 39.9 Å². The van der Waals surface area contributed by atoms with Gasteiger partial charge in [-0.1, -0.05) is 67.7 Å². The molecule has 0 saturated heterocycles. The summed E-state index contributed by atoms with van der Waals surface area (Å²) in [6, 6.07) is 11.0. The summed E-state index contributed by atoms with van der Waals surface area (Å²) in [5.74, 6) is -0.182. The Balaban J connectivity index is 2.16. The second kappa shape index (κ2) is 13.7. The van der Waals surface area contributed by atoms with Crippen molar-refractivity contribution in [1.29, 1.82) is 0 Å². The number of nitrogens with one attached hydrogen (secondary N) is 1. The van der Waals surface area contributed by atoms with Crippen LogP contribution >= 0.6 is 35.0 Å². The van der Waals surface area contributed by atoms with Crippen molar-refractivity contribution >= 4 is 46.8 Å². The van der Waals surface area contributed by atoms with E-state index in [0.717, 1.165) is 12.8 Å². The molecule has 0 fully saturated rings. The Hall–Kier alpha value is -1.76. The summed E-state index contributed by atoms with van der Waals surface area (Å²) in [6.07, 6.45) is 2.30. The highest BCUT2D eigenvalue weighted by atomic mass is 35.5. The van der Waals surface area contributed by atoms with Crippen molar-refractivity contribution in [3.05, 3.63) is 69.5 Å². The molecule has 0 unspecified atom stereocenters. The Kier molecular flexibility index (Phi) is 11.4. The number of rotatable bonds is 12. The fourth-order valence-electron chi connectivity index (χ4n) is 3.21. The smallest absolute Gasteiger partial charge is 0.242 e. The lowest BCUT2D eigenvalue weighted by molar-refractivity contribution is -0.139. The lowest BCUT2D eigenvalue weighted by Gasteiger charge is -2.31. The first-order valence-electron chi connectivity index (χ1n) is 10.7. The maximum Gasteiger partial charge on any atom is 0.242 e. The van der Waals surface area contributed by atoms with Crippen LogP contribution in [0.15, 0.2) is 42.5 Å². The van der Waals surface area contributed by atoms with E-state index in [4.69, 9.17) is 23.2 Å². The lowest BCUT2D eigenvalue weighted by atomic mass is 10.1. The van der Waals surface area contributed by atoms with E-state index in [1.54, 1.807) is 41.3 Å². The van der Waals surface area contributed by atoms with Gasteiger partial charge in [0.25, 0.3) is 0 Å². The number of unbranched alkanes of at least 4 members (excludes halogenated alkanes) is 1. The fourth-order valence-corrected chi connectivity index (χ4v) is 4.57. The van der Waals surface area contributed by atoms with Gasteiger partial charge in [-0.2, -0.15) is 0 Å². The van der Waals surface area contributed by atoms with Gasteiger partial charge in [-0.3, -0.25) is 9.59 Å². The molecule has 0 spiro atoms. The Labute approximate surface area is 203 Å². The first kappa shape index (κ1) is 26.5. The average molecular weight is 499 g/mol. The molecule has 0 aromatic heterocycles. The zero-order valence-corrected chi connectivity index (χ0v) is 20.7. The lowest BCUT2D eigenvalue weighted by Crippen LogP contribution is -2.49. The molecule has 1 N–H and O–H groups in total. The van der Waals surface area contributed by atoms with E-state index >= 15 is 0 Å². The maximum atomic E-state index is 13.9. The molecule has 1 atom stereocenters. The van der Waals surface area contributed by atoms with Crippen molar-refractivity contribution in [2.75, 3.05) is 12.3 Å². The molecule has 2 aromatic carbocycles. The van der Waals surface area contributed by atoms with Crippen LogP contribution in [0.5, 0.6) is 0 Å². The van der Waals surface area contributed by atoms with Gasteiger partial charge in [0, 0.05) is 28.9 Å². The maximum absolute atomic E-state index is 13.9. The van der Waals surface area contributed by atoms with Crippen LogP contribution in [0.4, 0.5) is 4.39 Å². The summed E-state index contributed by atoms with van der Waals surface area (Å²) in [7, 11) is 0. The van der Waals surface area contributed by atoms with Gasteiger partial charge < -0.3 is 10.2 Å². The molecule has 0 aliphatic heterocycles. The van der Waals surface area contributed by atoms with E-state index in [9.17, 15) is 14.0 Å². The molecule has 0 radical (unpaired) electrons. The molecular weight excluding hydrogens is 470 g/mol. The van der Waals surface area contributed by atoms with Crippen LogP contribution in [0.2, 0.25) is 10.0 Å². The van der Waals surface area contributed by atoms with Crippen LogP contribution in [0, 0.1) is 5.82 Å². The number of thioether (sulfide) groups is 1. The highest BCUT2D eigenvalue weighted by Crippen LogP contribution is 2.24. The molecule has 0 saturated carbocycles. The first-order valence-corrected chi connectivity index (χ1v) is 12.6. The minimum Gasteiger partial charge on any atom is -0.354 e. The SMILES string of the molecule is CCCCNC(=O)[C@H](CC)N(Cc1ccc(Cl)cc1Cl)C(=O)CSCc1ccccc1F. The molecule has 0 heterocycles.